The Morgan fingerprint density at radius 1 is 0.913 bits per heavy atom. The number of benzene rings is 2. The Balaban J connectivity index is 2.02. The molecule has 0 saturated carbocycles. The molecule has 4 rings (SSSR count). The van der Waals surface area contributed by atoms with Gasteiger partial charge in [-0.05, 0) is 37.6 Å². The highest BCUT2D eigenvalue weighted by Gasteiger charge is 2.54. The number of furan rings is 1. The number of hydrogen-bond acceptors (Lipinski definition) is 3. The Kier molecular flexibility index (Phi) is 2.91. The molecule has 2 aromatic carbocycles. The van der Waals surface area contributed by atoms with Crippen LogP contribution in [0, 0.1) is 13.8 Å². The molecule has 0 bridgehead atoms. The molecule has 0 spiro atoms. The van der Waals surface area contributed by atoms with Gasteiger partial charge in [-0.15, -0.1) is 0 Å². The zero-order valence-electron chi connectivity index (χ0n) is 13.0. The Bertz CT molecular complexity index is 892. The standard InChI is InChI=1S/C20H16O3/c1-13-12-14(2)22-19(13)20(15-8-4-3-5-9-15)18(21)16-10-6-7-11-17(16)23-20/h3-12H,1-2H3. The maximum Gasteiger partial charge on any atom is 0.253 e. The van der Waals surface area contributed by atoms with Gasteiger partial charge in [-0.2, -0.15) is 0 Å². The summed E-state index contributed by atoms with van der Waals surface area (Å²) in [4.78, 5) is 13.3. The highest BCUT2D eigenvalue weighted by atomic mass is 16.5. The summed E-state index contributed by atoms with van der Waals surface area (Å²) in [5.74, 6) is 1.83. The van der Waals surface area contributed by atoms with Gasteiger partial charge in [-0.3, -0.25) is 4.79 Å². The second-order valence-electron chi connectivity index (χ2n) is 5.84. The van der Waals surface area contributed by atoms with Gasteiger partial charge in [-0.1, -0.05) is 42.5 Å². The summed E-state index contributed by atoms with van der Waals surface area (Å²) in [7, 11) is 0. The minimum atomic E-state index is -1.25. The van der Waals surface area contributed by atoms with E-state index in [0.717, 1.165) is 16.9 Å². The highest BCUT2D eigenvalue weighted by Crippen LogP contribution is 2.47. The van der Waals surface area contributed by atoms with Crippen LogP contribution in [0.25, 0.3) is 0 Å². The van der Waals surface area contributed by atoms with Crippen molar-refractivity contribution in [3.05, 3.63) is 88.9 Å². The predicted molar refractivity (Wildman–Crippen MR) is 86.8 cm³/mol. The van der Waals surface area contributed by atoms with Gasteiger partial charge < -0.3 is 9.15 Å². The Labute approximate surface area is 134 Å². The van der Waals surface area contributed by atoms with Crippen molar-refractivity contribution in [2.45, 2.75) is 19.4 Å². The largest absolute Gasteiger partial charge is 0.465 e. The van der Waals surface area contributed by atoms with Crippen LogP contribution < -0.4 is 4.74 Å². The summed E-state index contributed by atoms with van der Waals surface area (Å²) >= 11 is 0. The number of carbonyl (C=O) groups excluding carboxylic acids is 1. The molecule has 3 nitrogen and oxygen atoms in total. The van der Waals surface area contributed by atoms with Crippen molar-refractivity contribution in [1.82, 2.24) is 0 Å². The number of hydrogen-bond donors (Lipinski definition) is 0. The molecule has 1 aliphatic rings. The first kappa shape index (κ1) is 13.8. The van der Waals surface area contributed by atoms with Crippen LogP contribution in [0.2, 0.25) is 0 Å². The van der Waals surface area contributed by atoms with Crippen molar-refractivity contribution < 1.29 is 13.9 Å². The van der Waals surface area contributed by atoms with E-state index in [1.807, 2.05) is 68.4 Å². The van der Waals surface area contributed by atoms with Crippen molar-refractivity contribution in [2.24, 2.45) is 0 Å². The fourth-order valence-electron chi connectivity index (χ4n) is 3.28. The van der Waals surface area contributed by atoms with Crippen LogP contribution in [0.5, 0.6) is 5.75 Å². The summed E-state index contributed by atoms with van der Waals surface area (Å²) in [6.07, 6.45) is 0. The van der Waals surface area contributed by atoms with Gasteiger partial charge in [0.2, 0.25) is 5.78 Å². The van der Waals surface area contributed by atoms with E-state index in [-0.39, 0.29) is 5.78 Å². The van der Waals surface area contributed by atoms with E-state index < -0.39 is 5.60 Å². The maximum atomic E-state index is 13.3. The van der Waals surface area contributed by atoms with E-state index in [0.29, 0.717) is 17.1 Å². The van der Waals surface area contributed by atoms with E-state index >= 15 is 0 Å². The molecule has 0 saturated heterocycles. The molecule has 0 fully saturated rings. The van der Waals surface area contributed by atoms with Crippen LogP contribution in [-0.4, -0.2) is 5.78 Å². The van der Waals surface area contributed by atoms with Gasteiger partial charge in [0.1, 0.15) is 11.5 Å². The van der Waals surface area contributed by atoms with E-state index in [1.165, 1.54) is 0 Å². The van der Waals surface area contributed by atoms with Crippen molar-refractivity contribution in [3.8, 4) is 5.75 Å². The maximum absolute atomic E-state index is 13.3. The molecule has 0 N–H and O–H groups in total. The summed E-state index contributed by atoms with van der Waals surface area (Å²) < 4.78 is 12.1. The zero-order chi connectivity index (χ0) is 16.0. The fraction of sp³-hybridized carbons (Fsp3) is 0.150. The van der Waals surface area contributed by atoms with Gasteiger partial charge in [0.25, 0.3) is 5.60 Å². The first-order chi connectivity index (χ1) is 11.1. The number of para-hydroxylation sites is 1. The molecular formula is C20H16O3. The number of aryl methyl sites for hydroxylation is 2. The van der Waals surface area contributed by atoms with Crippen molar-refractivity contribution in [1.29, 1.82) is 0 Å². The van der Waals surface area contributed by atoms with Crippen LogP contribution in [0.4, 0.5) is 0 Å². The first-order valence-electron chi connectivity index (χ1n) is 7.59. The minimum absolute atomic E-state index is 0.0863. The summed E-state index contributed by atoms with van der Waals surface area (Å²) in [5.41, 5.74) is 1.03. The SMILES string of the molecule is Cc1cc(C)c(C2(c3ccccc3)Oc3ccccc3C2=O)o1. The number of ketones is 1. The molecule has 2 heterocycles. The number of ether oxygens (including phenoxy) is 1. The molecule has 1 aliphatic heterocycles. The normalized spacial score (nSPS) is 19.5. The molecule has 1 aromatic heterocycles. The lowest BCUT2D eigenvalue weighted by molar-refractivity contribution is 0.0613. The predicted octanol–water partition coefficient (Wildman–Crippen LogP) is 4.42. The van der Waals surface area contributed by atoms with Crippen LogP contribution in [0.15, 0.2) is 65.1 Å². The lowest BCUT2D eigenvalue weighted by atomic mass is 9.84. The molecule has 114 valence electrons. The first-order valence-corrected chi connectivity index (χ1v) is 7.59. The third kappa shape index (κ3) is 1.86. The molecule has 3 heteroatoms. The van der Waals surface area contributed by atoms with E-state index in [1.54, 1.807) is 6.07 Å². The fourth-order valence-corrected chi connectivity index (χ4v) is 3.28. The topological polar surface area (TPSA) is 39.4 Å². The van der Waals surface area contributed by atoms with Gasteiger partial charge in [-0.25, -0.2) is 0 Å². The lowest BCUT2D eigenvalue weighted by Gasteiger charge is -2.26. The summed E-state index contributed by atoms with van der Waals surface area (Å²) in [5, 5.41) is 0. The van der Waals surface area contributed by atoms with Crippen LogP contribution >= 0.6 is 0 Å². The molecule has 0 amide bonds. The van der Waals surface area contributed by atoms with E-state index in [4.69, 9.17) is 9.15 Å². The molecule has 1 unspecified atom stereocenters. The summed E-state index contributed by atoms with van der Waals surface area (Å²) in [6.45, 7) is 3.82. The minimum Gasteiger partial charge on any atom is -0.465 e. The number of Topliss-reactive ketones (excluding diaryl/α,β-unsaturated/α-hetero) is 1. The molecule has 1 atom stereocenters. The van der Waals surface area contributed by atoms with Crippen LogP contribution in [0.3, 0.4) is 0 Å². The molecule has 0 radical (unpaired) electrons. The number of fused-ring (bicyclic) bond motifs is 1. The molecule has 0 aliphatic carbocycles. The van der Waals surface area contributed by atoms with E-state index in [9.17, 15) is 4.79 Å². The number of rotatable bonds is 2. The number of carbonyl (C=O) groups is 1. The lowest BCUT2D eigenvalue weighted by Crippen LogP contribution is -2.38. The summed E-state index contributed by atoms with van der Waals surface area (Å²) in [6, 6.07) is 18.8. The van der Waals surface area contributed by atoms with Crippen LogP contribution in [0.1, 0.15) is 33.0 Å². The van der Waals surface area contributed by atoms with Gasteiger partial charge in [0.15, 0.2) is 5.76 Å². The second-order valence-corrected chi connectivity index (χ2v) is 5.84. The third-order valence-electron chi connectivity index (χ3n) is 4.26. The molecule has 3 aromatic rings. The zero-order valence-corrected chi connectivity index (χ0v) is 13.0. The Morgan fingerprint density at radius 2 is 1.61 bits per heavy atom. The van der Waals surface area contributed by atoms with Crippen molar-refractivity contribution in [2.75, 3.05) is 0 Å². The third-order valence-corrected chi connectivity index (χ3v) is 4.26. The van der Waals surface area contributed by atoms with Crippen LogP contribution in [-0.2, 0) is 5.60 Å². The quantitative estimate of drug-likeness (QED) is 0.703. The Hall–Kier alpha value is -2.81. The smallest absolute Gasteiger partial charge is 0.253 e. The van der Waals surface area contributed by atoms with E-state index in [2.05, 4.69) is 0 Å². The van der Waals surface area contributed by atoms with Crippen molar-refractivity contribution >= 4 is 5.78 Å². The van der Waals surface area contributed by atoms with Gasteiger partial charge in [0.05, 0.1) is 5.56 Å². The second kappa shape index (κ2) is 4.85. The monoisotopic (exact) mass is 304 g/mol. The average molecular weight is 304 g/mol. The molecule has 23 heavy (non-hydrogen) atoms. The highest BCUT2D eigenvalue weighted by molar-refractivity contribution is 6.09. The Morgan fingerprint density at radius 3 is 2.26 bits per heavy atom. The van der Waals surface area contributed by atoms with Gasteiger partial charge in [0, 0.05) is 5.56 Å². The van der Waals surface area contributed by atoms with Crippen molar-refractivity contribution in [3.63, 3.8) is 0 Å². The average Bonchev–Trinajstić information content (AvgIpc) is 3.06. The van der Waals surface area contributed by atoms with Gasteiger partial charge >= 0.3 is 0 Å². The molecular weight excluding hydrogens is 288 g/mol.